The van der Waals surface area contributed by atoms with E-state index in [-0.39, 0.29) is 24.0 Å². The summed E-state index contributed by atoms with van der Waals surface area (Å²) in [5, 5.41) is 17.2. The van der Waals surface area contributed by atoms with Crippen molar-refractivity contribution in [2.24, 2.45) is 0 Å². The normalized spacial score (nSPS) is 10.9. The molecule has 2 amide bonds. The first-order valence-corrected chi connectivity index (χ1v) is 13.4. The Bertz CT molecular complexity index is 1380. The van der Waals surface area contributed by atoms with Gasteiger partial charge in [-0.3, -0.25) is 9.59 Å². The van der Waals surface area contributed by atoms with Crippen LogP contribution < -0.4 is 10.6 Å². The first-order chi connectivity index (χ1) is 17.3. The number of aromatic nitrogens is 4. The van der Waals surface area contributed by atoms with Crippen molar-refractivity contribution >= 4 is 45.7 Å². The number of benzene rings is 2. The lowest BCUT2D eigenvalue weighted by Gasteiger charge is -2.09. The molecule has 0 saturated heterocycles. The van der Waals surface area contributed by atoms with Crippen LogP contribution in [0.2, 0.25) is 0 Å². The number of nitrogens with one attached hydrogen (secondary N) is 2. The summed E-state index contributed by atoms with van der Waals surface area (Å²) in [7, 11) is 0. The van der Waals surface area contributed by atoms with E-state index in [1.165, 1.54) is 34.2 Å². The minimum atomic E-state index is -0.176. The number of carbonyl (C=O) groups is 2. The average Bonchev–Trinajstić information content (AvgIpc) is 3.47. The Labute approximate surface area is 218 Å². The van der Waals surface area contributed by atoms with Gasteiger partial charge in [-0.25, -0.2) is 4.98 Å². The average molecular weight is 521 g/mol. The Balaban J connectivity index is 1.32. The fourth-order valence-electron chi connectivity index (χ4n) is 3.52. The predicted molar refractivity (Wildman–Crippen MR) is 146 cm³/mol. The first kappa shape index (κ1) is 25.6. The van der Waals surface area contributed by atoms with Gasteiger partial charge in [0, 0.05) is 23.2 Å². The molecule has 4 rings (SSSR count). The van der Waals surface area contributed by atoms with Gasteiger partial charge in [0.2, 0.25) is 11.8 Å². The highest BCUT2D eigenvalue weighted by Crippen LogP contribution is 2.26. The summed E-state index contributed by atoms with van der Waals surface area (Å²) in [6.07, 6.45) is 0.0986. The number of nitrogens with zero attached hydrogens (tertiary/aromatic N) is 4. The molecule has 10 heteroatoms. The second-order valence-corrected chi connectivity index (χ2v) is 10.2. The smallest absolute Gasteiger partial charge is 0.236 e. The summed E-state index contributed by atoms with van der Waals surface area (Å²) < 4.78 is 1.86. The number of amides is 2. The number of thiazole rings is 1. The number of hydrogen-bond donors (Lipinski definition) is 2. The van der Waals surface area contributed by atoms with Crippen LogP contribution in [0.3, 0.4) is 0 Å². The molecular formula is C26H28N6O2S2. The molecular weight excluding hydrogens is 492 g/mol. The number of aryl methyl sites for hydroxylation is 3. The lowest BCUT2D eigenvalue weighted by atomic mass is 10.1. The molecule has 8 nitrogen and oxygen atoms in total. The molecule has 36 heavy (non-hydrogen) atoms. The van der Waals surface area contributed by atoms with Crippen LogP contribution in [0, 0.1) is 20.8 Å². The van der Waals surface area contributed by atoms with Crippen molar-refractivity contribution in [1.29, 1.82) is 0 Å². The SMILES string of the molecule is CCn1c(CC(=O)Nc2ccc(C)c(C)c2)nnc1SCC(=O)Nc1nc(-c2ccc(C)cc2)cs1. The van der Waals surface area contributed by atoms with Gasteiger partial charge in [0.15, 0.2) is 10.3 Å². The third-order valence-electron chi connectivity index (χ3n) is 5.65. The molecule has 186 valence electrons. The molecule has 0 aliphatic carbocycles. The van der Waals surface area contributed by atoms with Crippen LogP contribution in [0.4, 0.5) is 10.8 Å². The standard InChI is InChI=1S/C26H28N6O2S2/c1-5-32-22(13-23(33)27-20-11-8-17(3)18(4)12-20)30-31-26(32)36-15-24(34)29-25-28-21(14-35-25)19-9-6-16(2)7-10-19/h6-12,14H,5,13,15H2,1-4H3,(H,27,33)(H,28,29,34). The van der Waals surface area contributed by atoms with Crippen LogP contribution in [-0.4, -0.2) is 37.3 Å². The zero-order valence-electron chi connectivity index (χ0n) is 20.7. The Kier molecular flexibility index (Phi) is 8.17. The van der Waals surface area contributed by atoms with Gasteiger partial charge in [0.25, 0.3) is 0 Å². The van der Waals surface area contributed by atoms with Gasteiger partial charge in [-0.2, -0.15) is 0 Å². The van der Waals surface area contributed by atoms with E-state index >= 15 is 0 Å². The van der Waals surface area contributed by atoms with E-state index in [1.807, 2.05) is 80.1 Å². The quantitative estimate of drug-likeness (QED) is 0.292. The van der Waals surface area contributed by atoms with Crippen molar-refractivity contribution in [1.82, 2.24) is 19.7 Å². The van der Waals surface area contributed by atoms with E-state index in [1.54, 1.807) is 0 Å². The van der Waals surface area contributed by atoms with Crippen molar-refractivity contribution in [3.63, 3.8) is 0 Å². The third-order valence-corrected chi connectivity index (χ3v) is 7.37. The molecule has 2 aromatic carbocycles. The molecule has 0 spiro atoms. The highest BCUT2D eigenvalue weighted by molar-refractivity contribution is 7.99. The molecule has 2 N–H and O–H groups in total. The van der Waals surface area contributed by atoms with Crippen LogP contribution >= 0.6 is 23.1 Å². The van der Waals surface area contributed by atoms with Crippen LogP contribution in [0.1, 0.15) is 29.4 Å². The molecule has 2 heterocycles. The van der Waals surface area contributed by atoms with Crippen LogP contribution in [0.25, 0.3) is 11.3 Å². The molecule has 0 saturated carbocycles. The van der Waals surface area contributed by atoms with Gasteiger partial charge < -0.3 is 15.2 Å². The van der Waals surface area contributed by atoms with Crippen LogP contribution in [0.5, 0.6) is 0 Å². The molecule has 0 unspecified atom stereocenters. The maximum Gasteiger partial charge on any atom is 0.236 e. The molecule has 0 radical (unpaired) electrons. The topological polar surface area (TPSA) is 102 Å². The number of thioether (sulfide) groups is 1. The van der Waals surface area contributed by atoms with E-state index in [2.05, 4.69) is 25.8 Å². The van der Waals surface area contributed by atoms with Gasteiger partial charge in [-0.15, -0.1) is 21.5 Å². The Morgan fingerprint density at radius 3 is 2.47 bits per heavy atom. The van der Waals surface area contributed by atoms with E-state index in [9.17, 15) is 9.59 Å². The van der Waals surface area contributed by atoms with Gasteiger partial charge in [0.1, 0.15) is 5.82 Å². The maximum atomic E-state index is 12.6. The highest BCUT2D eigenvalue weighted by atomic mass is 32.2. The maximum absolute atomic E-state index is 12.6. The molecule has 4 aromatic rings. The van der Waals surface area contributed by atoms with Gasteiger partial charge >= 0.3 is 0 Å². The Morgan fingerprint density at radius 1 is 0.972 bits per heavy atom. The molecule has 0 aliphatic rings. The second-order valence-electron chi connectivity index (χ2n) is 8.41. The fourth-order valence-corrected chi connectivity index (χ4v) is 5.07. The summed E-state index contributed by atoms with van der Waals surface area (Å²) in [5.41, 5.74) is 6.07. The largest absolute Gasteiger partial charge is 0.326 e. The lowest BCUT2D eigenvalue weighted by Crippen LogP contribution is -2.18. The third kappa shape index (κ3) is 6.38. The van der Waals surface area contributed by atoms with Crippen molar-refractivity contribution in [2.45, 2.75) is 45.8 Å². The van der Waals surface area contributed by atoms with Gasteiger partial charge in [0.05, 0.1) is 17.9 Å². The van der Waals surface area contributed by atoms with Crippen LogP contribution in [-0.2, 0) is 22.6 Å². The summed E-state index contributed by atoms with van der Waals surface area (Å²) in [5.74, 6) is 0.378. The zero-order chi connectivity index (χ0) is 25.7. The molecule has 2 aromatic heterocycles. The first-order valence-electron chi connectivity index (χ1n) is 11.6. The molecule has 0 atom stereocenters. The number of rotatable bonds is 9. The summed E-state index contributed by atoms with van der Waals surface area (Å²) >= 11 is 2.67. The predicted octanol–water partition coefficient (Wildman–Crippen LogP) is 5.26. The number of hydrogen-bond acceptors (Lipinski definition) is 7. The van der Waals surface area contributed by atoms with Crippen molar-refractivity contribution in [2.75, 3.05) is 16.4 Å². The molecule has 0 fully saturated rings. The fraction of sp³-hybridized carbons (Fsp3) is 0.269. The molecule has 0 aliphatic heterocycles. The Hall–Kier alpha value is -3.50. The van der Waals surface area contributed by atoms with E-state index in [0.717, 1.165) is 22.5 Å². The highest BCUT2D eigenvalue weighted by Gasteiger charge is 2.17. The van der Waals surface area contributed by atoms with E-state index < -0.39 is 0 Å². The van der Waals surface area contributed by atoms with Gasteiger partial charge in [-0.1, -0.05) is 47.7 Å². The minimum Gasteiger partial charge on any atom is -0.326 e. The summed E-state index contributed by atoms with van der Waals surface area (Å²) in [4.78, 5) is 29.6. The lowest BCUT2D eigenvalue weighted by molar-refractivity contribution is -0.116. The van der Waals surface area contributed by atoms with E-state index in [4.69, 9.17) is 0 Å². The summed E-state index contributed by atoms with van der Waals surface area (Å²) in [6, 6.07) is 13.9. The van der Waals surface area contributed by atoms with Crippen molar-refractivity contribution in [3.8, 4) is 11.3 Å². The summed E-state index contributed by atoms with van der Waals surface area (Å²) in [6.45, 7) is 8.63. The number of anilines is 2. The number of carbonyl (C=O) groups excluding carboxylic acids is 2. The zero-order valence-corrected chi connectivity index (χ0v) is 22.3. The molecule has 0 bridgehead atoms. The monoisotopic (exact) mass is 520 g/mol. The van der Waals surface area contributed by atoms with Crippen molar-refractivity contribution < 1.29 is 9.59 Å². The van der Waals surface area contributed by atoms with Gasteiger partial charge in [-0.05, 0) is 51.0 Å². The minimum absolute atomic E-state index is 0.0986. The van der Waals surface area contributed by atoms with E-state index in [0.29, 0.717) is 22.7 Å². The second kappa shape index (κ2) is 11.5. The van der Waals surface area contributed by atoms with Crippen molar-refractivity contribution in [3.05, 3.63) is 70.4 Å². The van der Waals surface area contributed by atoms with Crippen LogP contribution in [0.15, 0.2) is 53.0 Å². The Morgan fingerprint density at radius 2 is 1.75 bits per heavy atom.